The monoisotopic (exact) mass is 816 g/mol. The van der Waals surface area contributed by atoms with Crippen LogP contribution in [0.3, 0.4) is 0 Å². The highest BCUT2D eigenvalue weighted by Crippen LogP contribution is 2.29. The van der Waals surface area contributed by atoms with Crippen molar-refractivity contribution >= 4 is 68.7 Å². The normalized spacial score (nSPS) is 11.8. The first kappa shape index (κ1) is 42.1. The lowest BCUT2D eigenvalue weighted by atomic mass is 10.2. The molecule has 0 aliphatic heterocycles. The van der Waals surface area contributed by atoms with Crippen LogP contribution < -0.4 is 30.7 Å². The van der Waals surface area contributed by atoms with Crippen molar-refractivity contribution in [2.75, 3.05) is 24.9 Å². The van der Waals surface area contributed by atoms with Gasteiger partial charge in [0, 0.05) is 23.3 Å². The van der Waals surface area contributed by atoms with Gasteiger partial charge < -0.3 is 20.1 Å². The fraction of sp³-hybridized carbons (Fsp3) is 0.143. The molecule has 0 fully saturated rings. The number of methoxy groups -OCH3 is 2. The van der Waals surface area contributed by atoms with Crippen LogP contribution in [0, 0.1) is 0 Å². The molecule has 0 saturated heterocycles. The Bertz CT molecular complexity index is 2170. The van der Waals surface area contributed by atoms with E-state index in [0.29, 0.717) is 20.3 Å². The summed E-state index contributed by atoms with van der Waals surface area (Å²) in [7, 11) is 3.20. The van der Waals surface area contributed by atoms with Crippen LogP contribution in [-0.2, 0) is 19.2 Å². The maximum Gasteiger partial charge on any atom is 0.248 e. The molecule has 4 amide bonds. The van der Waals surface area contributed by atoms with Crippen molar-refractivity contribution < 1.29 is 28.7 Å². The molecule has 6 aromatic rings. The van der Waals surface area contributed by atoms with Crippen LogP contribution in [0.25, 0.3) is 33.3 Å². The Hall–Kier alpha value is -7.04. The van der Waals surface area contributed by atoms with Crippen molar-refractivity contribution in [2.24, 2.45) is 0 Å². The van der Waals surface area contributed by atoms with E-state index in [0.717, 1.165) is 33.8 Å². The molecule has 6 rings (SSSR count). The molecule has 58 heavy (non-hydrogen) atoms. The van der Waals surface area contributed by atoms with E-state index in [1.807, 2.05) is 109 Å². The highest BCUT2D eigenvalue weighted by molar-refractivity contribution is 7.19. The van der Waals surface area contributed by atoms with Gasteiger partial charge in [-0.15, -0.1) is 20.4 Å². The third-order valence-corrected chi connectivity index (χ3v) is 9.72. The lowest BCUT2D eigenvalue weighted by Crippen LogP contribution is -2.40. The molecule has 0 radical (unpaired) electrons. The average Bonchev–Trinajstić information content (AvgIpc) is 3.93. The van der Waals surface area contributed by atoms with Crippen LogP contribution >= 0.6 is 22.7 Å². The minimum absolute atomic E-state index is 0.354. The van der Waals surface area contributed by atoms with E-state index in [1.54, 1.807) is 40.2 Å². The van der Waals surface area contributed by atoms with Gasteiger partial charge in [-0.3, -0.25) is 29.8 Å². The highest BCUT2D eigenvalue weighted by atomic mass is 32.1. The summed E-state index contributed by atoms with van der Waals surface area (Å²) in [4.78, 5) is 48.7. The number of hydrogen-bond acceptors (Lipinski definition) is 12. The van der Waals surface area contributed by atoms with Crippen molar-refractivity contribution in [3.8, 4) is 32.6 Å². The van der Waals surface area contributed by atoms with Gasteiger partial charge in [-0.1, -0.05) is 83.3 Å². The quantitative estimate of drug-likeness (QED) is 0.0858. The molecule has 0 aliphatic rings. The first-order valence-corrected chi connectivity index (χ1v) is 19.4. The maximum absolute atomic E-state index is 12.3. The Balaban J connectivity index is 0.000000221. The molecule has 14 nitrogen and oxygen atoms in total. The smallest absolute Gasteiger partial charge is 0.248 e. The topological polar surface area (TPSA) is 186 Å². The number of rotatable bonds is 14. The molecule has 0 saturated carbocycles. The first-order chi connectivity index (χ1) is 28.1. The number of carbonyl (C=O) groups is 4. The van der Waals surface area contributed by atoms with Gasteiger partial charge in [-0.2, -0.15) is 0 Å². The summed E-state index contributed by atoms with van der Waals surface area (Å²) in [5.41, 5.74) is 3.55. The minimum atomic E-state index is -0.726. The Kier molecular flexibility index (Phi) is 15.5. The van der Waals surface area contributed by atoms with E-state index in [4.69, 9.17) is 9.47 Å². The number of aromatic nitrogens is 4. The summed E-state index contributed by atoms with van der Waals surface area (Å²) in [6.07, 6.45) is 6.16. The number of nitrogens with zero attached hydrogens (tertiary/aromatic N) is 4. The zero-order valence-corrected chi connectivity index (χ0v) is 33.5. The lowest BCUT2D eigenvalue weighted by molar-refractivity contribution is -0.123. The first-order valence-electron chi connectivity index (χ1n) is 17.7. The summed E-state index contributed by atoms with van der Waals surface area (Å²) in [6.45, 7) is 3.21. The van der Waals surface area contributed by atoms with Gasteiger partial charge in [0.25, 0.3) is 0 Å². The van der Waals surface area contributed by atoms with Crippen LogP contribution in [0.2, 0.25) is 0 Å². The molecule has 0 spiro atoms. The van der Waals surface area contributed by atoms with Crippen molar-refractivity contribution in [2.45, 2.75) is 25.9 Å². The third kappa shape index (κ3) is 13.0. The molecular weight excluding hydrogens is 777 g/mol. The second-order valence-electron chi connectivity index (χ2n) is 12.2. The Morgan fingerprint density at radius 3 is 1.24 bits per heavy atom. The Labute approximate surface area is 343 Å². The number of nitrogens with one attached hydrogen (secondary N) is 4. The zero-order chi connectivity index (χ0) is 41.3. The second-order valence-corrected chi connectivity index (χ2v) is 14.2. The van der Waals surface area contributed by atoms with E-state index in [9.17, 15) is 19.2 Å². The molecule has 2 heterocycles. The standard InChI is InChI=1S/2C21H20N4O3S/c2*1-14(22-18(26)13-8-15-6-4-3-5-7-15)19(27)23-21-25-24-20(29-21)16-9-11-17(28-2)12-10-16/h2*3-14H,1-2H3,(H,22,26)(H,23,25,27)/b2*13-8+/t2*14-/m11/s1. The number of carbonyl (C=O) groups excluding carboxylic acids is 4. The minimum Gasteiger partial charge on any atom is -0.497 e. The summed E-state index contributed by atoms with van der Waals surface area (Å²) in [5, 5.41) is 28.8. The van der Waals surface area contributed by atoms with Gasteiger partial charge in [-0.25, -0.2) is 0 Å². The zero-order valence-electron chi connectivity index (χ0n) is 31.9. The number of benzene rings is 4. The fourth-order valence-electron chi connectivity index (χ4n) is 4.80. The van der Waals surface area contributed by atoms with Crippen LogP contribution in [0.5, 0.6) is 11.5 Å². The molecule has 2 atom stereocenters. The molecule has 0 unspecified atom stereocenters. The number of amides is 4. The van der Waals surface area contributed by atoms with Gasteiger partial charge in [0.15, 0.2) is 0 Å². The molecule has 2 aromatic heterocycles. The lowest BCUT2D eigenvalue weighted by Gasteiger charge is -2.11. The van der Waals surface area contributed by atoms with Gasteiger partial charge in [0.2, 0.25) is 33.9 Å². The molecule has 0 aliphatic carbocycles. The van der Waals surface area contributed by atoms with E-state index in [2.05, 4.69) is 41.7 Å². The van der Waals surface area contributed by atoms with Crippen molar-refractivity contribution in [3.05, 3.63) is 132 Å². The summed E-state index contributed by atoms with van der Waals surface area (Å²) in [5.74, 6) is 0.0449. The van der Waals surface area contributed by atoms with Crippen molar-refractivity contribution in [3.63, 3.8) is 0 Å². The Morgan fingerprint density at radius 2 is 0.897 bits per heavy atom. The molecule has 0 bridgehead atoms. The third-order valence-electron chi connectivity index (χ3n) is 7.94. The summed E-state index contributed by atoms with van der Waals surface area (Å²) in [6, 6.07) is 32.2. The number of ether oxygens (including phenoxy) is 2. The predicted octanol–water partition coefficient (Wildman–Crippen LogP) is 6.74. The van der Waals surface area contributed by atoms with Crippen molar-refractivity contribution in [1.82, 2.24) is 31.0 Å². The van der Waals surface area contributed by atoms with Gasteiger partial charge >= 0.3 is 0 Å². The van der Waals surface area contributed by atoms with Crippen LogP contribution in [0.15, 0.2) is 121 Å². The highest BCUT2D eigenvalue weighted by Gasteiger charge is 2.18. The number of hydrogen-bond donors (Lipinski definition) is 4. The van der Waals surface area contributed by atoms with E-state index in [-0.39, 0.29) is 23.6 Å². The molecule has 16 heteroatoms. The van der Waals surface area contributed by atoms with E-state index < -0.39 is 12.1 Å². The SMILES string of the molecule is COc1ccc(-c2nnc(NC(=O)[C@@H](C)NC(=O)/C=C/c3ccccc3)s2)cc1.COc1ccc(-c2nnc(NC(=O)[C@@H](C)NC(=O)/C=C/c3ccccc3)s2)cc1. The second kappa shape index (κ2) is 21.3. The predicted molar refractivity (Wildman–Crippen MR) is 227 cm³/mol. The molecule has 4 aromatic carbocycles. The number of anilines is 2. The average molecular weight is 817 g/mol. The Morgan fingerprint density at radius 1 is 0.534 bits per heavy atom. The van der Waals surface area contributed by atoms with Crippen LogP contribution in [0.1, 0.15) is 25.0 Å². The van der Waals surface area contributed by atoms with Gasteiger partial charge in [-0.05, 0) is 85.7 Å². The molecule has 296 valence electrons. The molecule has 4 N–H and O–H groups in total. The van der Waals surface area contributed by atoms with Crippen molar-refractivity contribution in [1.29, 1.82) is 0 Å². The maximum atomic E-state index is 12.3. The van der Waals surface area contributed by atoms with Crippen LogP contribution in [0.4, 0.5) is 10.3 Å². The molecular formula is C42H40N8O6S2. The van der Waals surface area contributed by atoms with Gasteiger partial charge in [0.05, 0.1) is 14.2 Å². The summed E-state index contributed by atoms with van der Waals surface area (Å²) >= 11 is 2.50. The fourth-order valence-corrected chi connectivity index (χ4v) is 6.31. The largest absolute Gasteiger partial charge is 0.497 e. The van der Waals surface area contributed by atoms with Crippen LogP contribution in [-0.4, -0.2) is 70.3 Å². The van der Waals surface area contributed by atoms with E-state index >= 15 is 0 Å². The van der Waals surface area contributed by atoms with Gasteiger partial charge in [0.1, 0.15) is 33.6 Å². The van der Waals surface area contributed by atoms with E-state index in [1.165, 1.54) is 34.8 Å². The summed E-state index contributed by atoms with van der Waals surface area (Å²) < 4.78 is 10.3.